The zero-order valence-corrected chi connectivity index (χ0v) is 14.5. The number of hydrogen-bond donors (Lipinski definition) is 3. The van der Waals surface area contributed by atoms with Gasteiger partial charge in [0.1, 0.15) is 5.75 Å². The predicted molar refractivity (Wildman–Crippen MR) is 96.9 cm³/mol. The summed E-state index contributed by atoms with van der Waals surface area (Å²) >= 11 is 1.73. The minimum Gasteiger partial charge on any atom is -0.508 e. The predicted octanol–water partition coefficient (Wildman–Crippen LogP) is 0.518. The standard InChI is InChI=1S/C18H23N3O2S/c22-16-5-3-15(4-6-16)21-11-9-20(10-12-21)14-18(23)19-8-7-17-2-1-13-24-17/h1-6,13,22H,7-12,14H2,(H,19,23)/p+1. The highest BCUT2D eigenvalue weighted by Crippen LogP contribution is 2.18. The van der Waals surface area contributed by atoms with Gasteiger partial charge in [0.2, 0.25) is 0 Å². The van der Waals surface area contributed by atoms with Gasteiger partial charge in [-0.1, -0.05) is 6.07 Å². The van der Waals surface area contributed by atoms with Crippen molar-refractivity contribution >= 4 is 22.9 Å². The molecule has 1 aliphatic heterocycles. The van der Waals surface area contributed by atoms with Crippen LogP contribution in [0.5, 0.6) is 5.75 Å². The smallest absolute Gasteiger partial charge is 0.275 e. The Bertz CT molecular complexity index is 635. The van der Waals surface area contributed by atoms with E-state index in [0.29, 0.717) is 18.8 Å². The van der Waals surface area contributed by atoms with Gasteiger partial charge in [0.15, 0.2) is 6.54 Å². The van der Waals surface area contributed by atoms with E-state index >= 15 is 0 Å². The van der Waals surface area contributed by atoms with Crippen molar-refractivity contribution < 1.29 is 14.8 Å². The largest absolute Gasteiger partial charge is 0.508 e. The summed E-state index contributed by atoms with van der Waals surface area (Å²) in [7, 11) is 0. The summed E-state index contributed by atoms with van der Waals surface area (Å²) in [6, 6.07) is 11.5. The van der Waals surface area contributed by atoms with Crippen molar-refractivity contribution in [3.8, 4) is 5.75 Å². The van der Waals surface area contributed by atoms with E-state index in [-0.39, 0.29) is 5.91 Å². The van der Waals surface area contributed by atoms with E-state index in [9.17, 15) is 9.90 Å². The van der Waals surface area contributed by atoms with Crippen LogP contribution in [0.4, 0.5) is 5.69 Å². The van der Waals surface area contributed by atoms with Crippen molar-refractivity contribution in [3.05, 3.63) is 46.7 Å². The minimum absolute atomic E-state index is 0.139. The molecule has 0 unspecified atom stereocenters. The van der Waals surface area contributed by atoms with E-state index in [1.807, 2.05) is 18.2 Å². The van der Waals surface area contributed by atoms with Crippen molar-refractivity contribution in [2.45, 2.75) is 6.42 Å². The summed E-state index contributed by atoms with van der Waals surface area (Å²) in [6.45, 7) is 5.05. The van der Waals surface area contributed by atoms with Crippen molar-refractivity contribution in [3.63, 3.8) is 0 Å². The maximum absolute atomic E-state index is 12.1. The topological polar surface area (TPSA) is 57.0 Å². The maximum atomic E-state index is 12.1. The number of aromatic hydroxyl groups is 1. The van der Waals surface area contributed by atoms with Crippen molar-refractivity contribution in [1.29, 1.82) is 0 Å². The number of hydrogen-bond acceptors (Lipinski definition) is 4. The van der Waals surface area contributed by atoms with Gasteiger partial charge in [-0.05, 0) is 42.1 Å². The molecule has 0 atom stereocenters. The summed E-state index contributed by atoms with van der Waals surface area (Å²) in [5.74, 6) is 0.432. The normalized spacial score (nSPS) is 15.4. The monoisotopic (exact) mass is 346 g/mol. The second kappa shape index (κ2) is 8.17. The van der Waals surface area contributed by atoms with Gasteiger partial charge >= 0.3 is 0 Å². The lowest BCUT2D eigenvalue weighted by molar-refractivity contribution is -0.892. The quantitative estimate of drug-likeness (QED) is 0.715. The lowest BCUT2D eigenvalue weighted by Crippen LogP contribution is -3.16. The van der Waals surface area contributed by atoms with Crippen molar-refractivity contribution in [2.24, 2.45) is 0 Å². The highest BCUT2D eigenvalue weighted by atomic mass is 32.1. The molecule has 24 heavy (non-hydrogen) atoms. The molecule has 0 spiro atoms. The number of benzene rings is 1. The molecular weight excluding hydrogens is 322 g/mol. The van der Waals surface area contributed by atoms with Crippen LogP contribution in [0.3, 0.4) is 0 Å². The number of thiophene rings is 1. The molecule has 1 saturated heterocycles. The molecule has 3 rings (SSSR count). The number of carbonyl (C=O) groups is 1. The van der Waals surface area contributed by atoms with Crippen LogP contribution in [0.25, 0.3) is 0 Å². The van der Waals surface area contributed by atoms with Gasteiger partial charge in [-0.3, -0.25) is 4.79 Å². The molecule has 0 bridgehead atoms. The number of quaternary nitrogens is 1. The van der Waals surface area contributed by atoms with E-state index in [1.165, 1.54) is 9.78 Å². The highest BCUT2D eigenvalue weighted by Gasteiger charge is 2.22. The van der Waals surface area contributed by atoms with Gasteiger partial charge in [-0.25, -0.2) is 0 Å². The molecule has 1 fully saturated rings. The third-order valence-electron chi connectivity index (χ3n) is 4.37. The average Bonchev–Trinajstić information content (AvgIpc) is 3.10. The summed E-state index contributed by atoms with van der Waals surface area (Å²) in [4.78, 5) is 17.0. The van der Waals surface area contributed by atoms with Gasteiger partial charge < -0.3 is 20.2 Å². The SMILES string of the molecule is O=C(C[NH+]1CCN(c2ccc(O)cc2)CC1)NCCc1cccs1. The molecule has 128 valence electrons. The molecule has 5 nitrogen and oxygen atoms in total. The van der Waals surface area contributed by atoms with Crippen LogP contribution in [-0.2, 0) is 11.2 Å². The number of carbonyl (C=O) groups excluding carboxylic acids is 1. The van der Waals surface area contributed by atoms with E-state index in [1.54, 1.807) is 23.5 Å². The fourth-order valence-corrected chi connectivity index (χ4v) is 3.70. The molecule has 1 aliphatic rings. The fourth-order valence-electron chi connectivity index (χ4n) is 2.99. The van der Waals surface area contributed by atoms with Crippen LogP contribution in [0, 0.1) is 0 Å². The van der Waals surface area contributed by atoms with Gasteiger partial charge in [0, 0.05) is 17.1 Å². The summed E-state index contributed by atoms with van der Waals surface area (Å²) in [6.07, 6.45) is 0.910. The van der Waals surface area contributed by atoms with Crippen molar-refractivity contribution in [1.82, 2.24) is 5.32 Å². The number of rotatable bonds is 6. The van der Waals surface area contributed by atoms with E-state index < -0.39 is 0 Å². The van der Waals surface area contributed by atoms with Crippen LogP contribution in [0.1, 0.15) is 4.88 Å². The second-order valence-corrected chi connectivity index (χ2v) is 7.14. The number of phenols is 1. The summed E-state index contributed by atoms with van der Waals surface area (Å²) in [5, 5.41) is 14.4. The first-order chi connectivity index (χ1) is 11.7. The zero-order valence-electron chi connectivity index (χ0n) is 13.7. The molecule has 6 heteroatoms. The number of phenolic OH excluding ortho intramolecular Hbond substituents is 1. The Morgan fingerprint density at radius 1 is 1.21 bits per heavy atom. The van der Waals surface area contributed by atoms with Crippen LogP contribution in [0.2, 0.25) is 0 Å². The molecule has 0 aliphatic carbocycles. The second-order valence-electron chi connectivity index (χ2n) is 6.11. The molecule has 1 amide bonds. The third kappa shape index (κ3) is 4.72. The number of anilines is 1. The Kier molecular flexibility index (Phi) is 5.72. The molecule has 2 aromatic rings. The first-order valence-corrected chi connectivity index (χ1v) is 9.25. The lowest BCUT2D eigenvalue weighted by Gasteiger charge is -2.33. The Morgan fingerprint density at radius 2 is 1.96 bits per heavy atom. The van der Waals surface area contributed by atoms with Crippen molar-refractivity contribution in [2.75, 3.05) is 44.2 Å². The first-order valence-electron chi connectivity index (χ1n) is 8.37. The number of nitrogens with zero attached hydrogens (tertiary/aromatic N) is 1. The van der Waals surface area contributed by atoms with Crippen LogP contribution >= 0.6 is 11.3 Å². The molecule has 0 saturated carbocycles. The minimum atomic E-state index is 0.139. The van der Waals surface area contributed by atoms with Gasteiger partial charge in [-0.15, -0.1) is 11.3 Å². The van der Waals surface area contributed by atoms with Gasteiger partial charge in [-0.2, -0.15) is 0 Å². The number of piperazine rings is 1. The first kappa shape index (κ1) is 16.8. The molecule has 1 aromatic heterocycles. The molecule has 1 aromatic carbocycles. The van der Waals surface area contributed by atoms with Crippen LogP contribution in [0.15, 0.2) is 41.8 Å². The average molecular weight is 346 g/mol. The number of nitrogens with one attached hydrogen (secondary N) is 2. The van der Waals surface area contributed by atoms with Gasteiger partial charge in [0.05, 0.1) is 26.2 Å². The van der Waals surface area contributed by atoms with Crippen LogP contribution < -0.4 is 15.1 Å². The lowest BCUT2D eigenvalue weighted by atomic mass is 10.2. The van der Waals surface area contributed by atoms with E-state index in [0.717, 1.165) is 38.3 Å². The Hall–Kier alpha value is -2.05. The maximum Gasteiger partial charge on any atom is 0.275 e. The molecule has 0 radical (unpaired) electrons. The van der Waals surface area contributed by atoms with E-state index in [2.05, 4.69) is 21.7 Å². The summed E-state index contributed by atoms with van der Waals surface area (Å²) in [5.41, 5.74) is 1.13. The van der Waals surface area contributed by atoms with Crippen LogP contribution in [-0.4, -0.2) is 50.3 Å². The fraction of sp³-hybridized carbons (Fsp3) is 0.389. The third-order valence-corrected chi connectivity index (χ3v) is 5.31. The van der Waals surface area contributed by atoms with Gasteiger partial charge in [0.25, 0.3) is 5.91 Å². The molecule has 3 N–H and O–H groups in total. The highest BCUT2D eigenvalue weighted by molar-refractivity contribution is 7.09. The molecular formula is C18H24N3O2S+. The zero-order chi connectivity index (χ0) is 16.8. The summed E-state index contributed by atoms with van der Waals surface area (Å²) < 4.78 is 0. The Morgan fingerprint density at radius 3 is 2.62 bits per heavy atom. The Balaban J connectivity index is 1.37. The Labute approximate surface area is 146 Å². The molecule has 2 heterocycles. The number of amides is 1. The van der Waals surface area contributed by atoms with E-state index in [4.69, 9.17) is 0 Å².